The van der Waals surface area contributed by atoms with Gasteiger partial charge in [0.1, 0.15) is 54.9 Å². The van der Waals surface area contributed by atoms with Crippen LogP contribution in [-0.2, 0) is 33.2 Å². The van der Waals surface area contributed by atoms with Crippen molar-refractivity contribution < 1.29 is 84.2 Å². The second kappa shape index (κ2) is 15.4. The Morgan fingerprint density at radius 2 is 1.15 bits per heavy atom. The van der Waals surface area contributed by atoms with Gasteiger partial charge in [-0.05, 0) is 117 Å². The maximum absolute atomic E-state index is 12.3. The van der Waals surface area contributed by atoms with Gasteiger partial charge in [0.25, 0.3) is 0 Å². The number of rotatable bonds is 8. The van der Waals surface area contributed by atoms with Crippen molar-refractivity contribution in [1.82, 2.24) is 0 Å². The maximum Gasteiger partial charge on any atom is 0.186 e. The standard InChI is InChI=1S/C45H74O17/c1-39(2)26(60-38-33(30(52)23(49)18-58-38)61-37-32(54)29(51)22(48)17-57-37)9-11-45-19-44(45)13-12-41(5)34(43(7)10-8-27(62-43)40(3,4)55)20(46)15-42(41,6)25(44)14-24(35(39)45)59-36-31(53)28(50)21(47)16-56-36/h20-38,46-55H,8-19H2,1-7H3/t20-,21+,22+,23+,24+,25+,26-,27+,28+,29+,30+,31+,32+,33+,34-,35-,36+,37+,38+,41-,42+,43-,44-,45+/m1/s1. The molecule has 17 nitrogen and oxygen atoms in total. The minimum Gasteiger partial charge on any atom is -0.393 e. The molecule has 10 N–H and O–H groups in total. The van der Waals surface area contributed by atoms with Crippen LogP contribution >= 0.6 is 0 Å². The molecule has 0 radical (unpaired) electrons. The van der Waals surface area contributed by atoms with Crippen LogP contribution in [0.25, 0.3) is 0 Å². The molecule has 9 aliphatic rings. The summed E-state index contributed by atoms with van der Waals surface area (Å²) >= 11 is 0. The Morgan fingerprint density at radius 3 is 1.74 bits per heavy atom. The van der Waals surface area contributed by atoms with E-state index in [2.05, 4.69) is 34.6 Å². The van der Waals surface area contributed by atoms with Gasteiger partial charge >= 0.3 is 0 Å². The van der Waals surface area contributed by atoms with Crippen molar-refractivity contribution in [2.45, 2.75) is 216 Å². The van der Waals surface area contributed by atoms with Gasteiger partial charge in [0.2, 0.25) is 0 Å². The van der Waals surface area contributed by atoms with E-state index in [1.54, 1.807) is 13.8 Å². The minimum absolute atomic E-state index is 0.0927. The Kier molecular flexibility index (Phi) is 11.5. The summed E-state index contributed by atoms with van der Waals surface area (Å²) in [5, 5.41) is 109. The highest BCUT2D eigenvalue weighted by atomic mass is 16.8. The normalized spacial score (nSPS) is 58.5. The lowest BCUT2D eigenvalue weighted by molar-refractivity contribution is -0.359. The number of fused-ring (bicyclic) bond motifs is 2. The molecule has 4 aliphatic heterocycles. The van der Waals surface area contributed by atoms with Crippen molar-refractivity contribution >= 4 is 0 Å². The molecule has 5 saturated carbocycles. The summed E-state index contributed by atoms with van der Waals surface area (Å²) in [5.74, 6) is -0.256. The van der Waals surface area contributed by atoms with Crippen LogP contribution in [-0.4, -0.2) is 180 Å². The summed E-state index contributed by atoms with van der Waals surface area (Å²) in [6.45, 7) is 13.8. The van der Waals surface area contributed by atoms with Gasteiger partial charge < -0.3 is 84.2 Å². The van der Waals surface area contributed by atoms with Crippen LogP contribution < -0.4 is 0 Å². The zero-order chi connectivity index (χ0) is 44.9. The van der Waals surface area contributed by atoms with Crippen LogP contribution in [0.2, 0.25) is 0 Å². The molecule has 24 atom stereocenters. The molecule has 2 spiro atoms. The molecule has 5 aliphatic carbocycles. The molecule has 356 valence electrons. The predicted molar refractivity (Wildman–Crippen MR) is 214 cm³/mol. The first-order valence-electron chi connectivity index (χ1n) is 23.2. The lowest BCUT2D eigenvalue weighted by Crippen LogP contribution is -2.65. The van der Waals surface area contributed by atoms with E-state index in [-0.39, 0.29) is 65.3 Å². The largest absolute Gasteiger partial charge is 0.393 e. The Morgan fingerprint density at radius 1 is 0.565 bits per heavy atom. The fourth-order valence-corrected chi connectivity index (χ4v) is 15.8. The van der Waals surface area contributed by atoms with Gasteiger partial charge in [-0.3, -0.25) is 0 Å². The Balaban J connectivity index is 1.03. The van der Waals surface area contributed by atoms with Crippen molar-refractivity contribution in [3.05, 3.63) is 0 Å². The van der Waals surface area contributed by atoms with Crippen molar-refractivity contribution in [3.8, 4) is 0 Å². The van der Waals surface area contributed by atoms with Gasteiger partial charge in [0, 0.05) is 5.92 Å². The summed E-state index contributed by atoms with van der Waals surface area (Å²) in [5.41, 5.74) is -3.33. The highest BCUT2D eigenvalue weighted by Crippen LogP contribution is 2.89. The number of hydrogen-bond donors (Lipinski definition) is 10. The highest BCUT2D eigenvalue weighted by Gasteiger charge is 2.85. The first-order chi connectivity index (χ1) is 28.8. The van der Waals surface area contributed by atoms with E-state index in [0.717, 1.165) is 32.1 Å². The van der Waals surface area contributed by atoms with E-state index in [0.29, 0.717) is 25.7 Å². The van der Waals surface area contributed by atoms with Crippen LogP contribution in [0.3, 0.4) is 0 Å². The van der Waals surface area contributed by atoms with E-state index in [1.807, 2.05) is 0 Å². The third kappa shape index (κ3) is 6.72. The second-order valence-corrected chi connectivity index (χ2v) is 23.0. The zero-order valence-corrected chi connectivity index (χ0v) is 37.3. The lowest BCUT2D eigenvalue weighted by Gasteiger charge is -2.65. The van der Waals surface area contributed by atoms with Crippen LogP contribution in [0.4, 0.5) is 0 Å². The maximum atomic E-state index is 12.3. The van der Waals surface area contributed by atoms with Gasteiger partial charge in [-0.25, -0.2) is 0 Å². The molecule has 0 unspecified atom stereocenters. The molecule has 17 heteroatoms. The molecule has 0 aromatic carbocycles. The van der Waals surface area contributed by atoms with Crippen molar-refractivity contribution in [2.75, 3.05) is 19.8 Å². The molecule has 9 fully saturated rings. The second-order valence-electron chi connectivity index (χ2n) is 23.0. The SMILES string of the molecule is CC(C)(O)[C@@H]1CC[C@](C)([C@@H]2[C@H](O)C[C@@]3(C)[C@@H]4C[C@H](O[C@@H]5OC[C@H](O)[C@H](O)[C@@H]5O)[C@@H]5C(C)(C)[C@H](O[C@@H]6OC[C@H](O)[C@H](O)[C@@H]6O[C@@H]6OC[C@H](O)[C@H](O)[C@@H]6O)CC[C@]56C[C@]46CC[C@]23C)O1. The number of aliphatic hydroxyl groups is 10. The smallest absolute Gasteiger partial charge is 0.186 e. The Bertz CT molecular complexity index is 1660. The van der Waals surface area contributed by atoms with Crippen LogP contribution in [0.15, 0.2) is 0 Å². The number of hydrogen-bond acceptors (Lipinski definition) is 17. The molecule has 4 saturated heterocycles. The number of ether oxygens (including phenoxy) is 7. The van der Waals surface area contributed by atoms with Crippen LogP contribution in [0.1, 0.15) is 106 Å². The topological polar surface area (TPSA) is 267 Å². The van der Waals surface area contributed by atoms with Gasteiger partial charge in [-0.1, -0.05) is 27.7 Å². The lowest BCUT2D eigenvalue weighted by atomic mass is 9.41. The zero-order valence-electron chi connectivity index (χ0n) is 37.3. The highest BCUT2D eigenvalue weighted by molar-refractivity contribution is 5.33. The predicted octanol–water partition coefficient (Wildman–Crippen LogP) is -0.173. The summed E-state index contributed by atoms with van der Waals surface area (Å²) in [7, 11) is 0. The van der Waals surface area contributed by atoms with Crippen molar-refractivity contribution in [1.29, 1.82) is 0 Å². The van der Waals surface area contributed by atoms with E-state index in [1.165, 1.54) is 0 Å². The van der Waals surface area contributed by atoms with Gasteiger partial charge in [-0.15, -0.1) is 0 Å². The van der Waals surface area contributed by atoms with Gasteiger partial charge in [0.05, 0.1) is 55.4 Å². The van der Waals surface area contributed by atoms with Crippen molar-refractivity contribution in [3.63, 3.8) is 0 Å². The molecular weight excluding hydrogens is 812 g/mol. The summed E-state index contributed by atoms with van der Waals surface area (Å²) in [6.07, 6.45) is -12.2. The van der Waals surface area contributed by atoms with E-state index in [4.69, 9.17) is 33.2 Å². The van der Waals surface area contributed by atoms with Crippen LogP contribution in [0, 0.1) is 44.8 Å². The summed E-state index contributed by atoms with van der Waals surface area (Å²) in [6, 6.07) is 0. The van der Waals surface area contributed by atoms with Gasteiger partial charge in [-0.2, -0.15) is 0 Å². The third-order valence-electron chi connectivity index (χ3n) is 18.9. The van der Waals surface area contributed by atoms with E-state index in [9.17, 15) is 51.1 Å². The Hall–Kier alpha value is -0.680. The summed E-state index contributed by atoms with van der Waals surface area (Å²) in [4.78, 5) is 0. The first kappa shape index (κ1) is 46.4. The molecule has 4 heterocycles. The number of aliphatic hydroxyl groups excluding tert-OH is 9. The Labute approximate surface area is 363 Å². The minimum atomic E-state index is -1.65. The van der Waals surface area contributed by atoms with Gasteiger partial charge in [0.15, 0.2) is 18.9 Å². The molecule has 0 amide bonds. The molecular formula is C45H74O17. The quantitative estimate of drug-likeness (QED) is 0.142. The fourth-order valence-electron chi connectivity index (χ4n) is 15.8. The average molecular weight is 887 g/mol. The molecule has 0 bridgehead atoms. The average Bonchev–Trinajstić information content (AvgIpc) is 3.56. The van der Waals surface area contributed by atoms with E-state index < -0.39 is 109 Å². The molecule has 9 rings (SSSR count). The monoisotopic (exact) mass is 886 g/mol. The molecule has 0 aromatic heterocycles. The molecule has 0 aromatic rings. The van der Waals surface area contributed by atoms with Crippen molar-refractivity contribution in [2.24, 2.45) is 44.8 Å². The summed E-state index contributed by atoms with van der Waals surface area (Å²) < 4.78 is 44.0. The van der Waals surface area contributed by atoms with Crippen LogP contribution in [0.5, 0.6) is 0 Å². The fraction of sp³-hybridized carbons (Fsp3) is 1.00. The third-order valence-corrected chi connectivity index (χ3v) is 18.9. The van der Waals surface area contributed by atoms with E-state index >= 15 is 0 Å². The molecule has 62 heavy (non-hydrogen) atoms. The first-order valence-corrected chi connectivity index (χ1v) is 23.2.